The number of piperazine rings is 1. The van der Waals surface area contributed by atoms with Gasteiger partial charge >= 0.3 is 0 Å². The van der Waals surface area contributed by atoms with Crippen molar-refractivity contribution in [1.29, 1.82) is 0 Å². The Morgan fingerprint density at radius 1 is 1.28 bits per heavy atom. The first-order valence-corrected chi connectivity index (χ1v) is 7.18. The van der Waals surface area contributed by atoms with Crippen LogP contribution in [0.5, 0.6) is 0 Å². The number of rotatable bonds is 4. The number of thiophene rings is 1. The summed E-state index contributed by atoms with van der Waals surface area (Å²) in [7, 11) is 0. The summed E-state index contributed by atoms with van der Waals surface area (Å²) in [5.74, 6) is 0.764. The van der Waals surface area contributed by atoms with Crippen LogP contribution in [0.1, 0.15) is 31.9 Å². The molecular weight excluding hydrogens is 287 g/mol. The Bertz CT molecular complexity index is 298. The average molecular weight is 311 g/mol. The van der Waals surface area contributed by atoms with Gasteiger partial charge in [0.25, 0.3) is 0 Å². The predicted octanol–water partition coefficient (Wildman–Crippen LogP) is 3.58. The summed E-state index contributed by atoms with van der Waals surface area (Å²) in [4.78, 5) is 2.64. The Labute approximate surface area is 127 Å². The minimum absolute atomic E-state index is 0. The van der Waals surface area contributed by atoms with Crippen molar-refractivity contribution in [3.05, 3.63) is 22.4 Å². The van der Waals surface area contributed by atoms with Crippen LogP contribution in [0.2, 0.25) is 0 Å². The average Bonchev–Trinajstić information content (AvgIpc) is 2.80. The van der Waals surface area contributed by atoms with E-state index >= 15 is 0 Å². The van der Waals surface area contributed by atoms with Crippen LogP contribution in [0, 0.1) is 5.92 Å². The van der Waals surface area contributed by atoms with Gasteiger partial charge in [0, 0.05) is 32.2 Å². The zero-order valence-electron chi connectivity index (χ0n) is 11.1. The fourth-order valence-electron chi connectivity index (χ4n) is 2.40. The summed E-state index contributed by atoms with van der Waals surface area (Å²) in [6.45, 7) is 9.29. The lowest BCUT2D eigenvalue weighted by Gasteiger charge is -2.35. The predicted molar refractivity (Wildman–Crippen MR) is 85.5 cm³/mol. The highest BCUT2D eigenvalue weighted by Gasteiger charge is 2.22. The molecule has 0 bridgehead atoms. The summed E-state index contributed by atoms with van der Waals surface area (Å²) in [5.41, 5.74) is 1.51. The molecule has 1 atom stereocenters. The SMILES string of the molecule is CC(C)C[C@@H](c1ccsc1)N1CCNCC1.Cl.Cl. The molecule has 1 aliphatic heterocycles. The van der Waals surface area contributed by atoms with Crippen LogP contribution in [0.15, 0.2) is 16.8 Å². The standard InChI is InChI=1S/C13H22N2S.2ClH/c1-11(2)9-13(12-3-8-16-10-12)15-6-4-14-5-7-15;;/h3,8,10-11,13-14H,4-7,9H2,1-2H3;2*1H/t13-;;/m0../s1. The van der Waals surface area contributed by atoms with E-state index in [1.54, 1.807) is 0 Å². The molecule has 1 saturated heterocycles. The first-order valence-electron chi connectivity index (χ1n) is 6.24. The first-order chi connectivity index (χ1) is 7.77. The second-order valence-corrected chi connectivity index (χ2v) is 5.77. The van der Waals surface area contributed by atoms with Gasteiger partial charge in [-0.05, 0) is 34.7 Å². The van der Waals surface area contributed by atoms with Crippen molar-refractivity contribution in [2.24, 2.45) is 5.92 Å². The maximum absolute atomic E-state index is 3.43. The van der Waals surface area contributed by atoms with E-state index in [4.69, 9.17) is 0 Å². The second-order valence-electron chi connectivity index (χ2n) is 4.99. The topological polar surface area (TPSA) is 15.3 Å². The summed E-state index contributed by atoms with van der Waals surface area (Å²) in [6.07, 6.45) is 1.27. The summed E-state index contributed by atoms with van der Waals surface area (Å²) in [6, 6.07) is 2.92. The quantitative estimate of drug-likeness (QED) is 0.914. The molecule has 0 amide bonds. The van der Waals surface area contributed by atoms with Gasteiger partial charge in [-0.2, -0.15) is 11.3 Å². The van der Waals surface area contributed by atoms with Gasteiger partial charge in [-0.1, -0.05) is 13.8 Å². The van der Waals surface area contributed by atoms with Crippen molar-refractivity contribution in [2.45, 2.75) is 26.3 Å². The third-order valence-corrected chi connectivity index (χ3v) is 3.92. The molecular formula is C13H24Cl2N2S. The Hall–Kier alpha value is 0.200. The fraction of sp³-hybridized carbons (Fsp3) is 0.692. The smallest absolute Gasteiger partial charge is 0.0359 e. The number of hydrogen-bond donors (Lipinski definition) is 1. The van der Waals surface area contributed by atoms with Crippen LogP contribution in [0.4, 0.5) is 0 Å². The molecule has 0 radical (unpaired) electrons. The molecule has 1 aromatic rings. The van der Waals surface area contributed by atoms with E-state index in [9.17, 15) is 0 Å². The Balaban J connectivity index is 0.00000144. The van der Waals surface area contributed by atoms with E-state index in [0.717, 1.165) is 19.0 Å². The minimum Gasteiger partial charge on any atom is -0.314 e. The second kappa shape index (κ2) is 9.16. The lowest BCUT2D eigenvalue weighted by atomic mass is 9.97. The van der Waals surface area contributed by atoms with Crippen molar-refractivity contribution < 1.29 is 0 Å². The number of nitrogens with one attached hydrogen (secondary N) is 1. The highest BCUT2D eigenvalue weighted by molar-refractivity contribution is 7.07. The summed E-state index contributed by atoms with van der Waals surface area (Å²) < 4.78 is 0. The van der Waals surface area contributed by atoms with Gasteiger partial charge < -0.3 is 5.32 Å². The molecule has 5 heteroatoms. The first kappa shape index (κ1) is 18.2. The largest absolute Gasteiger partial charge is 0.314 e. The van der Waals surface area contributed by atoms with Crippen LogP contribution < -0.4 is 5.32 Å². The van der Waals surface area contributed by atoms with Gasteiger partial charge in [-0.25, -0.2) is 0 Å². The van der Waals surface area contributed by atoms with Crippen LogP contribution in [-0.2, 0) is 0 Å². The molecule has 2 heterocycles. The zero-order valence-corrected chi connectivity index (χ0v) is 13.5. The molecule has 0 aliphatic carbocycles. The van der Waals surface area contributed by atoms with Gasteiger partial charge in [-0.15, -0.1) is 24.8 Å². The molecule has 18 heavy (non-hydrogen) atoms. The fourth-order valence-corrected chi connectivity index (χ4v) is 3.11. The van der Waals surface area contributed by atoms with E-state index in [1.807, 2.05) is 11.3 Å². The van der Waals surface area contributed by atoms with Crippen molar-refractivity contribution in [1.82, 2.24) is 10.2 Å². The highest BCUT2D eigenvalue weighted by Crippen LogP contribution is 2.29. The third kappa shape index (κ3) is 5.06. The van der Waals surface area contributed by atoms with Gasteiger partial charge in [0.05, 0.1) is 0 Å². The molecule has 2 nitrogen and oxygen atoms in total. The van der Waals surface area contributed by atoms with Crippen LogP contribution in [0.25, 0.3) is 0 Å². The lowest BCUT2D eigenvalue weighted by Crippen LogP contribution is -2.45. The van der Waals surface area contributed by atoms with Crippen molar-refractivity contribution in [2.75, 3.05) is 26.2 Å². The van der Waals surface area contributed by atoms with Gasteiger partial charge in [0.2, 0.25) is 0 Å². The van der Waals surface area contributed by atoms with Crippen molar-refractivity contribution >= 4 is 36.2 Å². The van der Waals surface area contributed by atoms with Crippen molar-refractivity contribution in [3.63, 3.8) is 0 Å². The van der Waals surface area contributed by atoms with Crippen LogP contribution in [0.3, 0.4) is 0 Å². The number of hydrogen-bond acceptors (Lipinski definition) is 3. The highest BCUT2D eigenvalue weighted by atomic mass is 35.5. The number of halogens is 2. The molecule has 0 spiro atoms. The molecule has 106 valence electrons. The summed E-state index contributed by atoms with van der Waals surface area (Å²) >= 11 is 1.82. The van der Waals surface area contributed by atoms with E-state index in [1.165, 1.54) is 25.1 Å². The molecule has 1 aliphatic rings. The van der Waals surface area contributed by atoms with Crippen LogP contribution in [-0.4, -0.2) is 31.1 Å². The lowest BCUT2D eigenvalue weighted by molar-refractivity contribution is 0.154. The summed E-state index contributed by atoms with van der Waals surface area (Å²) in [5, 5.41) is 7.94. The van der Waals surface area contributed by atoms with Crippen molar-refractivity contribution in [3.8, 4) is 0 Å². The normalized spacial score (nSPS) is 17.9. The van der Waals surface area contributed by atoms with E-state index < -0.39 is 0 Å². The van der Waals surface area contributed by atoms with E-state index in [2.05, 4.69) is 40.9 Å². The van der Waals surface area contributed by atoms with Gasteiger partial charge in [0.15, 0.2) is 0 Å². The minimum atomic E-state index is 0. The number of nitrogens with zero attached hydrogens (tertiary/aromatic N) is 1. The van der Waals surface area contributed by atoms with E-state index in [0.29, 0.717) is 6.04 Å². The Kier molecular flexibility index (Phi) is 9.26. The van der Waals surface area contributed by atoms with Gasteiger partial charge in [-0.3, -0.25) is 4.90 Å². The molecule has 1 N–H and O–H groups in total. The molecule has 1 aromatic heterocycles. The van der Waals surface area contributed by atoms with Gasteiger partial charge in [0.1, 0.15) is 0 Å². The maximum Gasteiger partial charge on any atom is 0.0359 e. The monoisotopic (exact) mass is 310 g/mol. The maximum atomic E-state index is 3.43. The third-order valence-electron chi connectivity index (χ3n) is 3.21. The molecule has 0 unspecified atom stereocenters. The Morgan fingerprint density at radius 2 is 1.94 bits per heavy atom. The molecule has 0 aromatic carbocycles. The molecule has 1 fully saturated rings. The zero-order chi connectivity index (χ0) is 11.4. The van der Waals surface area contributed by atoms with Crippen LogP contribution >= 0.6 is 36.2 Å². The van der Waals surface area contributed by atoms with E-state index in [-0.39, 0.29) is 24.8 Å². The molecule has 2 rings (SSSR count). The Morgan fingerprint density at radius 3 is 2.44 bits per heavy atom. The molecule has 0 saturated carbocycles.